The van der Waals surface area contributed by atoms with Gasteiger partial charge >= 0.3 is 0 Å². The Bertz CT molecular complexity index is 810. The summed E-state index contributed by atoms with van der Waals surface area (Å²) in [4.78, 5) is 11.8. The van der Waals surface area contributed by atoms with Crippen molar-refractivity contribution in [2.75, 3.05) is 4.72 Å². The van der Waals surface area contributed by atoms with Crippen molar-refractivity contribution < 1.29 is 13.2 Å². The summed E-state index contributed by atoms with van der Waals surface area (Å²) in [7, 11) is -3.71. The summed E-state index contributed by atoms with van der Waals surface area (Å²) in [6, 6.07) is 11.5. The minimum atomic E-state index is -3.71. The van der Waals surface area contributed by atoms with Crippen LogP contribution in [-0.4, -0.2) is 14.2 Å². The lowest BCUT2D eigenvalue weighted by atomic mass is 10.1. The molecular weight excluding hydrogens is 298 g/mol. The highest BCUT2D eigenvalue weighted by atomic mass is 32.2. The van der Waals surface area contributed by atoms with Crippen LogP contribution in [0.5, 0.6) is 0 Å². The third-order valence-corrected chi connectivity index (χ3v) is 4.93. The number of carbonyl (C=O) groups is 1. The van der Waals surface area contributed by atoms with E-state index in [9.17, 15) is 13.2 Å². The van der Waals surface area contributed by atoms with Crippen LogP contribution in [0.1, 0.15) is 34.8 Å². The molecule has 0 radical (unpaired) electrons. The van der Waals surface area contributed by atoms with E-state index in [1.165, 1.54) is 12.1 Å². The largest absolute Gasteiger partial charge is 0.294 e. The number of hydrogen-bond acceptors (Lipinski definition) is 3. The summed E-state index contributed by atoms with van der Waals surface area (Å²) in [5.74, 6) is -0.0803. The van der Waals surface area contributed by atoms with Gasteiger partial charge in [0.05, 0.1) is 4.90 Å². The van der Waals surface area contributed by atoms with E-state index in [-0.39, 0.29) is 10.7 Å². The van der Waals surface area contributed by atoms with Crippen molar-refractivity contribution in [2.24, 2.45) is 0 Å². The van der Waals surface area contributed by atoms with Crippen molar-refractivity contribution >= 4 is 21.5 Å². The maximum Gasteiger partial charge on any atom is 0.261 e. The second-order valence-corrected chi connectivity index (χ2v) is 6.89. The van der Waals surface area contributed by atoms with Crippen LogP contribution in [-0.2, 0) is 10.0 Å². The van der Waals surface area contributed by atoms with Crippen molar-refractivity contribution in [3.63, 3.8) is 0 Å². The van der Waals surface area contributed by atoms with E-state index in [1.54, 1.807) is 31.2 Å². The quantitative estimate of drug-likeness (QED) is 0.855. The number of rotatable bonds is 5. The van der Waals surface area contributed by atoms with Crippen LogP contribution in [0.25, 0.3) is 0 Å². The fraction of sp³-hybridized carbons (Fsp3) is 0.235. The summed E-state index contributed by atoms with van der Waals surface area (Å²) in [5, 5.41) is 0. The Morgan fingerprint density at radius 1 is 1.05 bits per heavy atom. The number of ketones is 1. The molecule has 2 aromatic carbocycles. The number of hydrogen-bond donors (Lipinski definition) is 1. The molecule has 0 aromatic heterocycles. The highest BCUT2D eigenvalue weighted by Crippen LogP contribution is 2.20. The van der Waals surface area contributed by atoms with Crippen molar-refractivity contribution in [3.8, 4) is 0 Å². The molecule has 0 saturated heterocycles. The van der Waals surface area contributed by atoms with Gasteiger partial charge in [-0.25, -0.2) is 8.42 Å². The van der Waals surface area contributed by atoms with Crippen molar-refractivity contribution in [2.45, 2.75) is 32.1 Å². The topological polar surface area (TPSA) is 63.2 Å². The standard InChI is InChI=1S/C17H19NO3S/c1-4-17(19)14-6-5-7-16(11-14)22(20,21)18-15-9-8-12(2)13(3)10-15/h5-11,18H,4H2,1-3H3. The number of aryl methyl sites for hydroxylation is 2. The fourth-order valence-electron chi connectivity index (χ4n) is 2.06. The van der Waals surface area contributed by atoms with E-state index < -0.39 is 10.0 Å². The fourth-order valence-corrected chi connectivity index (χ4v) is 3.15. The summed E-state index contributed by atoms with van der Waals surface area (Å²) >= 11 is 0. The Morgan fingerprint density at radius 2 is 1.77 bits per heavy atom. The first-order chi connectivity index (χ1) is 10.3. The maximum atomic E-state index is 12.4. The lowest BCUT2D eigenvalue weighted by molar-refractivity contribution is 0.0988. The van der Waals surface area contributed by atoms with Gasteiger partial charge in [-0.2, -0.15) is 0 Å². The van der Waals surface area contributed by atoms with Gasteiger partial charge in [0.25, 0.3) is 10.0 Å². The molecule has 0 spiro atoms. The molecule has 0 aliphatic heterocycles. The molecule has 0 saturated carbocycles. The number of nitrogens with one attached hydrogen (secondary N) is 1. The zero-order valence-corrected chi connectivity index (χ0v) is 13.7. The van der Waals surface area contributed by atoms with Gasteiger partial charge in [-0.1, -0.05) is 25.1 Å². The van der Waals surface area contributed by atoms with Gasteiger partial charge in [0.1, 0.15) is 0 Å². The molecule has 0 aliphatic carbocycles. The summed E-state index contributed by atoms with van der Waals surface area (Å²) in [6.07, 6.45) is 0.341. The number of Topliss-reactive ketones (excluding diaryl/α,β-unsaturated/α-hetero) is 1. The van der Waals surface area contributed by atoms with Gasteiger partial charge in [0.2, 0.25) is 0 Å². The Labute approximate surface area is 131 Å². The van der Waals surface area contributed by atoms with Crippen LogP contribution in [0.2, 0.25) is 0 Å². The Kier molecular flexibility index (Phi) is 4.66. The molecule has 0 aliphatic rings. The van der Waals surface area contributed by atoms with Crippen LogP contribution in [0.3, 0.4) is 0 Å². The van der Waals surface area contributed by atoms with Crippen LogP contribution in [0.15, 0.2) is 47.4 Å². The Hall–Kier alpha value is -2.14. The monoisotopic (exact) mass is 317 g/mol. The lowest BCUT2D eigenvalue weighted by Gasteiger charge is -2.10. The zero-order chi connectivity index (χ0) is 16.3. The van der Waals surface area contributed by atoms with Crippen molar-refractivity contribution in [1.82, 2.24) is 0 Å². The van der Waals surface area contributed by atoms with Gasteiger partial charge in [-0.15, -0.1) is 0 Å². The highest BCUT2D eigenvalue weighted by molar-refractivity contribution is 7.92. The maximum absolute atomic E-state index is 12.4. The van der Waals surface area contributed by atoms with E-state index in [2.05, 4.69) is 4.72 Å². The van der Waals surface area contributed by atoms with Gasteiger partial charge in [-0.3, -0.25) is 9.52 Å². The molecule has 1 N–H and O–H groups in total. The average Bonchev–Trinajstić information content (AvgIpc) is 2.50. The Balaban J connectivity index is 2.34. The molecule has 22 heavy (non-hydrogen) atoms. The highest BCUT2D eigenvalue weighted by Gasteiger charge is 2.16. The second kappa shape index (κ2) is 6.32. The number of sulfonamides is 1. The van der Waals surface area contributed by atoms with E-state index in [4.69, 9.17) is 0 Å². The summed E-state index contributed by atoms with van der Waals surface area (Å²) in [5.41, 5.74) is 3.02. The van der Waals surface area contributed by atoms with Crippen LogP contribution >= 0.6 is 0 Å². The third-order valence-electron chi connectivity index (χ3n) is 3.55. The summed E-state index contributed by atoms with van der Waals surface area (Å²) < 4.78 is 27.4. The third kappa shape index (κ3) is 3.54. The predicted molar refractivity (Wildman–Crippen MR) is 87.8 cm³/mol. The van der Waals surface area contributed by atoms with Crippen molar-refractivity contribution in [1.29, 1.82) is 0 Å². The molecule has 0 fully saturated rings. The molecule has 0 heterocycles. The smallest absolute Gasteiger partial charge is 0.261 e. The first kappa shape index (κ1) is 16.2. The van der Waals surface area contributed by atoms with E-state index in [0.29, 0.717) is 17.7 Å². The molecule has 5 heteroatoms. The van der Waals surface area contributed by atoms with Crippen LogP contribution in [0.4, 0.5) is 5.69 Å². The number of benzene rings is 2. The molecule has 0 amide bonds. The van der Waals surface area contributed by atoms with Gasteiger partial charge in [0, 0.05) is 17.7 Å². The average molecular weight is 317 g/mol. The Morgan fingerprint density at radius 3 is 2.41 bits per heavy atom. The number of anilines is 1. The van der Waals surface area contributed by atoms with Crippen LogP contribution in [0, 0.1) is 13.8 Å². The van der Waals surface area contributed by atoms with Crippen LogP contribution < -0.4 is 4.72 Å². The molecule has 0 atom stereocenters. The summed E-state index contributed by atoms with van der Waals surface area (Å²) in [6.45, 7) is 5.64. The van der Waals surface area contributed by atoms with Gasteiger partial charge in [0.15, 0.2) is 5.78 Å². The zero-order valence-electron chi connectivity index (χ0n) is 12.9. The first-order valence-corrected chi connectivity index (χ1v) is 8.55. The molecular formula is C17H19NO3S. The SMILES string of the molecule is CCC(=O)c1cccc(S(=O)(=O)Nc2ccc(C)c(C)c2)c1. The molecule has 4 nitrogen and oxygen atoms in total. The molecule has 0 unspecified atom stereocenters. The van der Waals surface area contributed by atoms with E-state index in [1.807, 2.05) is 19.9 Å². The van der Waals surface area contributed by atoms with Gasteiger partial charge < -0.3 is 0 Å². The van der Waals surface area contributed by atoms with E-state index in [0.717, 1.165) is 11.1 Å². The normalized spacial score (nSPS) is 11.2. The van der Waals surface area contributed by atoms with E-state index >= 15 is 0 Å². The lowest BCUT2D eigenvalue weighted by Crippen LogP contribution is -2.14. The minimum absolute atomic E-state index is 0.0803. The molecule has 0 bridgehead atoms. The molecule has 2 rings (SSSR count). The first-order valence-electron chi connectivity index (χ1n) is 7.07. The molecule has 116 valence electrons. The predicted octanol–water partition coefficient (Wildman–Crippen LogP) is 3.70. The number of carbonyl (C=O) groups excluding carboxylic acids is 1. The van der Waals surface area contributed by atoms with Gasteiger partial charge in [-0.05, 0) is 49.2 Å². The second-order valence-electron chi connectivity index (χ2n) is 5.21. The minimum Gasteiger partial charge on any atom is -0.294 e. The molecule has 2 aromatic rings. The van der Waals surface area contributed by atoms with Crippen molar-refractivity contribution in [3.05, 3.63) is 59.2 Å².